The number of nitrogens with zero attached hydrogens (tertiary/aromatic N) is 3. The van der Waals surface area contributed by atoms with E-state index in [2.05, 4.69) is 10.0 Å². The van der Waals surface area contributed by atoms with Crippen molar-refractivity contribution >= 4 is 12.0 Å². The second kappa shape index (κ2) is 6.98. The summed E-state index contributed by atoms with van der Waals surface area (Å²) in [7, 11) is 1.52. The molecule has 0 atom stereocenters. The number of para-hydroxylation sites is 1. The number of benzene rings is 1. The van der Waals surface area contributed by atoms with Gasteiger partial charge in [-0.1, -0.05) is 23.3 Å². The third-order valence-electron chi connectivity index (χ3n) is 2.07. The van der Waals surface area contributed by atoms with E-state index in [-0.39, 0.29) is 12.3 Å². The zero-order valence-electron chi connectivity index (χ0n) is 10.2. The van der Waals surface area contributed by atoms with E-state index in [4.69, 9.17) is 15.0 Å². The second-order valence-electron chi connectivity index (χ2n) is 3.18. The first-order valence-corrected chi connectivity index (χ1v) is 5.29. The van der Waals surface area contributed by atoms with Gasteiger partial charge in [-0.3, -0.25) is 0 Å². The predicted octanol–water partition coefficient (Wildman–Crippen LogP) is 2.91. The summed E-state index contributed by atoms with van der Waals surface area (Å²) in [4.78, 5) is 14.1. The Hall–Kier alpha value is -2.46. The molecule has 94 valence electrons. The summed E-state index contributed by atoms with van der Waals surface area (Å²) in [6, 6.07) is 7.07. The maximum atomic E-state index is 11.5. The van der Waals surface area contributed by atoms with Crippen LogP contribution in [0.5, 0.6) is 5.75 Å². The average molecular weight is 247 g/mol. The van der Waals surface area contributed by atoms with Crippen molar-refractivity contribution in [1.29, 1.82) is 0 Å². The summed E-state index contributed by atoms with van der Waals surface area (Å²) in [6.07, 6.45) is 1.43. The number of carbonyl (C=O) groups is 1. The predicted molar refractivity (Wildman–Crippen MR) is 66.8 cm³/mol. The standard InChI is InChI=1S/C12H13N3O3/c1-3-18-12(16)10(14-15-13)8-9-6-4-5-7-11(9)17-2/h4-8H,3H2,1-2H3. The molecule has 0 aliphatic carbocycles. The lowest BCUT2D eigenvalue weighted by atomic mass is 10.1. The molecule has 0 radical (unpaired) electrons. The van der Waals surface area contributed by atoms with Crippen LogP contribution in [-0.4, -0.2) is 19.7 Å². The number of esters is 1. The molecule has 6 nitrogen and oxygen atoms in total. The van der Waals surface area contributed by atoms with Crippen LogP contribution in [0.2, 0.25) is 0 Å². The number of hydrogen-bond donors (Lipinski definition) is 0. The second-order valence-corrected chi connectivity index (χ2v) is 3.18. The third kappa shape index (κ3) is 3.54. The lowest BCUT2D eigenvalue weighted by molar-refractivity contribution is -0.138. The van der Waals surface area contributed by atoms with Crippen LogP contribution in [-0.2, 0) is 9.53 Å². The smallest absolute Gasteiger partial charge is 0.340 e. The summed E-state index contributed by atoms with van der Waals surface area (Å²) >= 11 is 0. The van der Waals surface area contributed by atoms with Gasteiger partial charge in [-0.05, 0) is 24.6 Å². The Morgan fingerprint density at radius 3 is 2.83 bits per heavy atom. The molecule has 18 heavy (non-hydrogen) atoms. The first-order chi connectivity index (χ1) is 8.72. The van der Waals surface area contributed by atoms with Crippen LogP contribution < -0.4 is 4.74 Å². The molecule has 1 aromatic carbocycles. The van der Waals surface area contributed by atoms with Crippen molar-refractivity contribution in [2.24, 2.45) is 5.11 Å². The van der Waals surface area contributed by atoms with Gasteiger partial charge in [-0.2, -0.15) is 0 Å². The van der Waals surface area contributed by atoms with Crippen LogP contribution in [0.4, 0.5) is 0 Å². The molecule has 0 unspecified atom stereocenters. The lowest BCUT2D eigenvalue weighted by Crippen LogP contribution is -2.05. The number of hydrogen-bond acceptors (Lipinski definition) is 4. The zero-order valence-corrected chi connectivity index (χ0v) is 10.2. The SMILES string of the molecule is CCOC(=O)C(=Cc1ccccc1OC)N=[N+]=[N-]. The third-order valence-corrected chi connectivity index (χ3v) is 2.07. The maximum Gasteiger partial charge on any atom is 0.340 e. The van der Waals surface area contributed by atoms with Crippen LogP contribution in [0, 0.1) is 0 Å². The summed E-state index contributed by atoms with van der Waals surface area (Å²) in [5, 5.41) is 3.32. The van der Waals surface area contributed by atoms with Gasteiger partial charge in [-0.15, -0.1) is 0 Å². The van der Waals surface area contributed by atoms with E-state index in [1.54, 1.807) is 31.2 Å². The maximum absolute atomic E-state index is 11.5. The Morgan fingerprint density at radius 2 is 2.22 bits per heavy atom. The van der Waals surface area contributed by atoms with Gasteiger partial charge in [0.2, 0.25) is 0 Å². The Morgan fingerprint density at radius 1 is 1.50 bits per heavy atom. The topological polar surface area (TPSA) is 84.3 Å². The molecule has 0 fully saturated rings. The number of azide groups is 1. The molecular weight excluding hydrogens is 234 g/mol. The van der Waals surface area contributed by atoms with Gasteiger partial charge in [0.15, 0.2) is 0 Å². The van der Waals surface area contributed by atoms with E-state index >= 15 is 0 Å². The largest absolute Gasteiger partial charge is 0.496 e. The van der Waals surface area contributed by atoms with Crippen LogP contribution in [0.1, 0.15) is 12.5 Å². The first-order valence-electron chi connectivity index (χ1n) is 5.29. The Balaban J connectivity index is 3.15. The molecule has 0 spiro atoms. The molecule has 0 N–H and O–H groups in total. The minimum Gasteiger partial charge on any atom is -0.496 e. The highest BCUT2D eigenvalue weighted by molar-refractivity contribution is 5.93. The highest BCUT2D eigenvalue weighted by Gasteiger charge is 2.10. The molecule has 0 bridgehead atoms. The van der Waals surface area contributed by atoms with E-state index in [0.29, 0.717) is 11.3 Å². The molecule has 0 aliphatic heterocycles. The number of carbonyl (C=O) groups excluding carboxylic acids is 1. The van der Waals surface area contributed by atoms with Gasteiger partial charge in [-0.25, -0.2) is 4.79 Å². The quantitative estimate of drug-likeness (QED) is 0.263. The van der Waals surface area contributed by atoms with Crippen molar-refractivity contribution in [2.75, 3.05) is 13.7 Å². The Kier molecular flexibility index (Phi) is 5.28. The van der Waals surface area contributed by atoms with E-state index in [1.807, 2.05) is 0 Å². The van der Waals surface area contributed by atoms with Gasteiger partial charge in [0.25, 0.3) is 0 Å². The van der Waals surface area contributed by atoms with Crippen LogP contribution in [0.15, 0.2) is 35.1 Å². The summed E-state index contributed by atoms with van der Waals surface area (Å²) < 4.78 is 9.92. The minimum atomic E-state index is -0.666. The van der Waals surface area contributed by atoms with Gasteiger partial charge >= 0.3 is 5.97 Å². The molecule has 0 heterocycles. The number of rotatable bonds is 5. The van der Waals surface area contributed by atoms with Crippen molar-refractivity contribution in [3.05, 3.63) is 46.0 Å². The van der Waals surface area contributed by atoms with Crippen molar-refractivity contribution in [1.82, 2.24) is 0 Å². The fraction of sp³-hybridized carbons (Fsp3) is 0.250. The molecule has 6 heteroatoms. The molecule has 0 saturated carbocycles. The van der Waals surface area contributed by atoms with Gasteiger partial charge in [0, 0.05) is 10.5 Å². The fourth-order valence-electron chi connectivity index (χ4n) is 1.31. The first kappa shape index (κ1) is 13.6. The molecule has 0 aromatic heterocycles. The highest BCUT2D eigenvalue weighted by atomic mass is 16.5. The molecule has 0 aliphatic rings. The van der Waals surface area contributed by atoms with Gasteiger partial charge < -0.3 is 9.47 Å². The van der Waals surface area contributed by atoms with Crippen LogP contribution >= 0.6 is 0 Å². The summed E-state index contributed by atoms with van der Waals surface area (Å²) in [5.74, 6) is -0.0892. The molecule has 0 amide bonds. The average Bonchev–Trinajstić information content (AvgIpc) is 2.39. The Bertz CT molecular complexity index is 505. The van der Waals surface area contributed by atoms with Crippen molar-refractivity contribution < 1.29 is 14.3 Å². The molecular formula is C12H13N3O3. The monoisotopic (exact) mass is 247 g/mol. The summed E-state index contributed by atoms with van der Waals surface area (Å²) in [6.45, 7) is 1.89. The van der Waals surface area contributed by atoms with E-state index in [9.17, 15) is 4.79 Å². The molecule has 1 rings (SSSR count). The van der Waals surface area contributed by atoms with Gasteiger partial charge in [0.1, 0.15) is 11.4 Å². The number of methoxy groups -OCH3 is 1. The molecule has 0 saturated heterocycles. The van der Waals surface area contributed by atoms with E-state index < -0.39 is 5.97 Å². The normalized spacial score (nSPS) is 10.4. The van der Waals surface area contributed by atoms with Gasteiger partial charge in [0.05, 0.1) is 13.7 Å². The van der Waals surface area contributed by atoms with Crippen LogP contribution in [0.3, 0.4) is 0 Å². The minimum absolute atomic E-state index is 0.108. The lowest BCUT2D eigenvalue weighted by Gasteiger charge is -2.05. The van der Waals surface area contributed by atoms with E-state index in [0.717, 1.165) is 0 Å². The fourth-order valence-corrected chi connectivity index (χ4v) is 1.31. The highest BCUT2D eigenvalue weighted by Crippen LogP contribution is 2.21. The summed E-state index contributed by atoms with van der Waals surface area (Å²) in [5.41, 5.74) is 8.96. The number of ether oxygens (including phenoxy) is 2. The van der Waals surface area contributed by atoms with Crippen LogP contribution in [0.25, 0.3) is 16.5 Å². The van der Waals surface area contributed by atoms with Crippen molar-refractivity contribution in [3.63, 3.8) is 0 Å². The van der Waals surface area contributed by atoms with Crippen molar-refractivity contribution in [3.8, 4) is 5.75 Å². The molecule has 1 aromatic rings. The zero-order chi connectivity index (χ0) is 13.4. The van der Waals surface area contributed by atoms with Crippen molar-refractivity contribution in [2.45, 2.75) is 6.92 Å². The van der Waals surface area contributed by atoms with E-state index in [1.165, 1.54) is 13.2 Å². The Labute approximate surface area is 104 Å².